The average Bonchev–Trinajstić information content (AvgIpc) is 2.59. The van der Waals surface area contributed by atoms with Crippen molar-refractivity contribution in [3.63, 3.8) is 0 Å². The van der Waals surface area contributed by atoms with Crippen LogP contribution < -0.4 is 0 Å². The second-order valence-electron chi connectivity index (χ2n) is 5.57. The summed E-state index contributed by atoms with van der Waals surface area (Å²) in [7, 11) is 0. The van der Waals surface area contributed by atoms with E-state index < -0.39 is 0 Å². The Morgan fingerprint density at radius 3 is 2.17 bits per heavy atom. The largest absolute Gasteiger partial charge is 0.289 e. The summed E-state index contributed by atoms with van der Waals surface area (Å²) in [5.74, 6) is 0.0483. The van der Waals surface area contributed by atoms with E-state index in [0.29, 0.717) is 5.56 Å². The summed E-state index contributed by atoms with van der Waals surface area (Å²) in [4.78, 5) is 12.9. The first-order valence-corrected chi connectivity index (χ1v) is 8.23. The van der Waals surface area contributed by atoms with Crippen molar-refractivity contribution in [2.24, 2.45) is 0 Å². The van der Waals surface area contributed by atoms with Crippen LogP contribution in [0.3, 0.4) is 0 Å². The third kappa shape index (κ3) is 2.55. The van der Waals surface area contributed by atoms with Crippen molar-refractivity contribution in [3.8, 4) is 0 Å². The van der Waals surface area contributed by atoms with Gasteiger partial charge in [0.05, 0.1) is 0 Å². The summed E-state index contributed by atoms with van der Waals surface area (Å²) >= 11 is 3.43. The van der Waals surface area contributed by atoms with Gasteiger partial charge in [0.15, 0.2) is 5.78 Å². The zero-order valence-electron chi connectivity index (χ0n) is 12.3. The predicted molar refractivity (Wildman–Crippen MR) is 99.0 cm³/mol. The predicted octanol–water partition coefficient (Wildman–Crippen LogP) is 5.99. The number of hydrogen-bond acceptors (Lipinski definition) is 1. The van der Waals surface area contributed by atoms with Gasteiger partial charge in [-0.1, -0.05) is 70.5 Å². The van der Waals surface area contributed by atoms with Crippen LogP contribution in [0.2, 0.25) is 0 Å². The lowest BCUT2D eigenvalue weighted by molar-refractivity contribution is 0.104. The first kappa shape index (κ1) is 14.2. The number of fused-ring (bicyclic) bond motifs is 2. The van der Waals surface area contributed by atoms with Crippen LogP contribution in [0.1, 0.15) is 15.9 Å². The molecule has 0 aliphatic rings. The van der Waals surface area contributed by atoms with Crippen LogP contribution in [0.25, 0.3) is 21.5 Å². The van der Waals surface area contributed by atoms with E-state index in [4.69, 9.17) is 0 Å². The van der Waals surface area contributed by atoms with Gasteiger partial charge >= 0.3 is 0 Å². The molecule has 0 saturated heterocycles. The number of halogens is 1. The van der Waals surface area contributed by atoms with Gasteiger partial charge < -0.3 is 0 Å². The lowest BCUT2D eigenvalue weighted by atomic mass is 9.95. The van der Waals surface area contributed by atoms with Crippen LogP contribution in [0.15, 0.2) is 83.3 Å². The van der Waals surface area contributed by atoms with Crippen molar-refractivity contribution in [3.05, 3.63) is 94.5 Å². The van der Waals surface area contributed by atoms with Crippen LogP contribution >= 0.6 is 15.9 Å². The summed E-state index contributed by atoms with van der Waals surface area (Å²) in [6, 6.07) is 25.9. The van der Waals surface area contributed by atoms with Crippen LogP contribution in [0.4, 0.5) is 0 Å². The molecule has 4 rings (SSSR count). The summed E-state index contributed by atoms with van der Waals surface area (Å²) in [5.41, 5.74) is 1.44. The molecule has 0 aliphatic heterocycles. The second kappa shape index (κ2) is 5.64. The number of carbonyl (C=O) groups excluding carboxylic acids is 1. The van der Waals surface area contributed by atoms with Crippen molar-refractivity contribution in [1.82, 2.24) is 0 Å². The maximum absolute atomic E-state index is 12.9. The smallest absolute Gasteiger partial charge is 0.193 e. The van der Waals surface area contributed by atoms with Crippen molar-refractivity contribution >= 4 is 43.3 Å². The number of ketones is 1. The van der Waals surface area contributed by atoms with Crippen LogP contribution in [0.5, 0.6) is 0 Å². The molecule has 0 saturated carbocycles. The van der Waals surface area contributed by atoms with E-state index >= 15 is 0 Å². The summed E-state index contributed by atoms with van der Waals surface area (Å²) in [6.45, 7) is 0. The van der Waals surface area contributed by atoms with E-state index in [-0.39, 0.29) is 5.78 Å². The van der Waals surface area contributed by atoms with Gasteiger partial charge in [-0.05, 0) is 45.8 Å². The molecule has 0 unspecified atom stereocenters. The highest BCUT2D eigenvalue weighted by Gasteiger charge is 2.13. The molecule has 4 aromatic carbocycles. The van der Waals surface area contributed by atoms with Gasteiger partial charge in [-0.15, -0.1) is 0 Å². The van der Waals surface area contributed by atoms with Gasteiger partial charge in [-0.3, -0.25) is 4.79 Å². The van der Waals surface area contributed by atoms with E-state index in [0.717, 1.165) is 26.2 Å². The highest BCUT2D eigenvalue weighted by atomic mass is 79.9. The van der Waals surface area contributed by atoms with E-state index in [2.05, 4.69) is 46.3 Å². The van der Waals surface area contributed by atoms with E-state index in [1.54, 1.807) is 0 Å². The maximum Gasteiger partial charge on any atom is 0.193 e. The standard InChI is InChI=1S/C21H13BrO/c22-18-9-3-8-17(12-18)21(23)19-10-4-7-16-11-14-5-1-2-6-15(14)13-20(16)19/h1-13H. The van der Waals surface area contributed by atoms with Crippen LogP contribution in [0, 0.1) is 0 Å². The minimum absolute atomic E-state index is 0.0483. The minimum atomic E-state index is 0.0483. The fourth-order valence-corrected chi connectivity index (χ4v) is 3.35. The minimum Gasteiger partial charge on any atom is -0.289 e. The Morgan fingerprint density at radius 1 is 0.696 bits per heavy atom. The Bertz CT molecular complexity index is 1050. The molecule has 0 heterocycles. The lowest BCUT2D eigenvalue weighted by Crippen LogP contribution is -2.02. The molecule has 4 aromatic rings. The van der Waals surface area contributed by atoms with E-state index in [1.807, 2.05) is 48.5 Å². The number of rotatable bonds is 2. The first-order valence-electron chi connectivity index (χ1n) is 7.44. The molecule has 110 valence electrons. The summed E-state index contributed by atoms with van der Waals surface area (Å²) in [5, 5.41) is 4.42. The fraction of sp³-hybridized carbons (Fsp3) is 0. The number of carbonyl (C=O) groups is 1. The lowest BCUT2D eigenvalue weighted by Gasteiger charge is -2.08. The topological polar surface area (TPSA) is 17.1 Å². The summed E-state index contributed by atoms with van der Waals surface area (Å²) < 4.78 is 0.911. The zero-order chi connectivity index (χ0) is 15.8. The van der Waals surface area contributed by atoms with Gasteiger partial charge in [-0.25, -0.2) is 0 Å². The Morgan fingerprint density at radius 2 is 1.39 bits per heavy atom. The molecule has 0 N–H and O–H groups in total. The van der Waals surface area contributed by atoms with Crippen molar-refractivity contribution < 1.29 is 4.79 Å². The molecule has 1 nitrogen and oxygen atoms in total. The molecular weight excluding hydrogens is 348 g/mol. The molecule has 0 aliphatic carbocycles. The highest BCUT2D eigenvalue weighted by Crippen LogP contribution is 2.27. The Kier molecular flexibility index (Phi) is 3.47. The third-order valence-corrected chi connectivity index (χ3v) is 4.57. The molecule has 2 heteroatoms. The van der Waals surface area contributed by atoms with Crippen molar-refractivity contribution in [2.45, 2.75) is 0 Å². The van der Waals surface area contributed by atoms with E-state index in [9.17, 15) is 4.79 Å². The number of hydrogen-bond donors (Lipinski definition) is 0. The average molecular weight is 361 g/mol. The normalized spacial score (nSPS) is 11.0. The van der Waals surface area contributed by atoms with Crippen molar-refractivity contribution in [2.75, 3.05) is 0 Å². The van der Waals surface area contributed by atoms with Gasteiger partial charge in [0.2, 0.25) is 0 Å². The molecule has 0 fully saturated rings. The monoisotopic (exact) mass is 360 g/mol. The first-order chi connectivity index (χ1) is 11.2. The summed E-state index contributed by atoms with van der Waals surface area (Å²) in [6.07, 6.45) is 0. The van der Waals surface area contributed by atoms with Gasteiger partial charge in [0.25, 0.3) is 0 Å². The van der Waals surface area contributed by atoms with E-state index in [1.165, 1.54) is 5.39 Å². The van der Waals surface area contributed by atoms with Gasteiger partial charge in [0, 0.05) is 15.6 Å². The SMILES string of the molecule is O=C(c1cccc(Br)c1)c1cccc2cc3ccccc3cc12. The quantitative estimate of drug-likeness (QED) is 0.317. The maximum atomic E-state index is 12.9. The Hall–Kier alpha value is -2.45. The molecule has 0 atom stereocenters. The number of benzene rings is 4. The Labute approximate surface area is 142 Å². The molecular formula is C21H13BrO. The molecule has 0 bridgehead atoms. The zero-order valence-corrected chi connectivity index (χ0v) is 13.9. The molecule has 0 amide bonds. The second-order valence-corrected chi connectivity index (χ2v) is 6.48. The van der Waals surface area contributed by atoms with Crippen LogP contribution in [-0.4, -0.2) is 5.78 Å². The molecule has 0 radical (unpaired) electrons. The molecule has 23 heavy (non-hydrogen) atoms. The van der Waals surface area contributed by atoms with Gasteiger partial charge in [-0.2, -0.15) is 0 Å². The molecule has 0 aromatic heterocycles. The molecule has 0 spiro atoms. The third-order valence-electron chi connectivity index (χ3n) is 4.08. The van der Waals surface area contributed by atoms with Crippen LogP contribution in [-0.2, 0) is 0 Å². The van der Waals surface area contributed by atoms with Crippen molar-refractivity contribution in [1.29, 1.82) is 0 Å². The van der Waals surface area contributed by atoms with Gasteiger partial charge in [0.1, 0.15) is 0 Å². The fourth-order valence-electron chi connectivity index (χ4n) is 2.95. The highest BCUT2D eigenvalue weighted by molar-refractivity contribution is 9.10. The Balaban J connectivity index is 1.96.